The van der Waals surface area contributed by atoms with Gasteiger partial charge in [0.15, 0.2) is 0 Å². The number of carbonyl (C=O) groups is 1. The standard InChI is InChI=1S/C9H17NO3S/c1-7(11)8-5-3-4-6-9(8)10-14(2,12)13/h8-10H,3-6H2,1-2H3. The van der Waals surface area contributed by atoms with E-state index in [-0.39, 0.29) is 17.7 Å². The highest BCUT2D eigenvalue weighted by Crippen LogP contribution is 2.25. The minimum atomic E-state index is -3.19. The quantitative estimate of drug-likeness (QED) is 0.759. The van der Waals surface area contributed by atoms with E-state index in [0.29, 0.717) is 0 Å². The summed E-state index contributed by atoms with van der Waals surface area (Å²) in [6, 6.07) is -0.184. The molecule has 1 fully saturated rings. The highest BCUT2D eigenvalue weighted by molar-refractivity contribution is 7.88. The molecule has 0 saturated heterocycles. The lowest BCUT2D eigenvalue weighted by atomic mass is 9.83. The predicted molar refractivity (Wildman–Crippen MR) is 54.4 cm³/mol. The number of sulfonamides is 1. The van der Waals surface area contributed by atoms with Crippen LogP contribution in [0.15, 0.2) is 0 Å². The molecular weight excluding hydrogens is 202 g/mol. The second-order valence-corrected chi connectivity index (χ2v) is 5.78. The molecule has 0 bridgehead atoms. The van der Waals surface area contributed by atoms with Crippen LogP contribution in [-0.4, -0.2) is 26.5 Å². The van der Waals surface area contributed by atoms with E-state index in [1.807, 2.05) is 0 Å². The van der Waals surface area contributed by atoms with Crippen molar-refractivity contribution in [2.45, 2.75) is 38.6 Å². The summed E-state index contributed by atoms with van der Waals surface area (Å²) >= 11 is 0. The van der Waals surface area contributed by atoms with Gasteiger partial charge in [-0.1, -0.05) is 12.8 Å². The fourth-order valence-corrected chi connectivity index (χ4v) is 2.87. The van der Waals surface area contributed by atoms with Crippen molar-refractivity contribution < 1.29 is 13.2 Å². The number of hydrogen-bond donors (Lipinski definition) is 1. The lowest BCUT2D eigenvalue weighted by molar-refractivity contribution is -0.122. The van der Waals surface area contributed by atoms with E-state index in [1.165, 1.54) is 6.92 Å². The Morgan fingerprint density at radius 1 is 1.29 bits per heavy atom. The predicted octanol–water partition coefficient (Wildman–Crippen LogP) is 0.683. The van der Waals surface area contributed by atoms with E-state index < -0.39 is 10.0 Å². The van der Waals surface area contributed by atoms with Crippen molar-refractivity contribution in [1.29, 1.82) is 0 Å². The van der Waals surface area contributed by atoms with Crippen LogP contribution in [0.1, 0.15) is 32.6 Å². The molecule has 1 rings (SSSR count). The molecule has 0 heterocycles. The summed E-state index contributed by atoms with van der Waals surface area (Å²) in [6.45, 7) is 1.53. The molecule has 0 spiro atoms. The number of hydrogen-bond acceptors (Lipinski definition) is 3. The molecule has 2 unspecified atom stereocenters. The Bertz CT molecular complexity index is 310. The summed E-state index contributed by atoms with van der Waals surface area (Å²) < 4.78 is 24.6. The highest BCUT2D eigenvalue weighted by atomic mass is 32.2. The Balaban J connectivity index is 2.68. The number of Topliss-reactive ketones (excluding diaryl/α,β-unsaturated/α-hetero) is 1. The summed E-state index contributed by atoms with van der Waals surface area (Å²) in [5.41, 5.74) is 0. The second kappa shape index (κ2) is 4.40. The van der Waals surface area contributed by atoms with Gasteiger partial charge in [-0.25, -0.2) is 13.1 Å². The van der Waals surface area contributed by atoms with E-state index in [2.05, 4.69) is 4.72 Å². The van der Waals surface area contributed by atoms with Gasteiger partial charge in [0.25, 0.3) is 0 Å². The molecule has 1 aliphatic rings. The van der Waals surface area contributed by atoms with Gasteiger partial charge in [-0.15, -0.1) is 0 Å². The van der Waals surface area contributed by atoms with Crippen molar-refractivity contribution in [3.63, 3.8) is 0 Å². The minimum Gasteiger partial charge on any atom is -0.300 e. The smallest absolute Gasteiger partial charge is 0.208 e. The molecule has 0 aromatic heterocycles. The lowest BCUT2D eigenvalue weighted by Crippen LogP contribution is -2.44. The van der Waals surface area contributed by atoms with E-state index >= 15 is 0 Å². The Morgan fingerprint density at radius 3 is 2.36 bits per heavy atom. The molecule has 1 saturated carbocycles. The molecule has 0 aliphatic heterocycles. The third kappa shape index (κ3) is 3.38. The summed E-state index contributed by atoms with van der Waals surface area (Å²) in [4.78, 5) is 11.3. The molecule has 0 aromatic rings. The van der Waals surface area contributed by atoms with Crippen LogP contribution in [0.5, 0.6) is 0 Å². The van der Waals surface area contributed by atoms with Crippen LogP contribution in [0.25, 0.3) is 0 Å². The first-order chi connectivity index (χ1) is 6.40. The fraction of sp³-hybridized carbons (Fsp3) is 0.889. The minimum absolute atomic E-state index is 0.0888. The van der Waals surface area contributed by atoms with Crippen molar-refractivity contribution in [2.24, 2.45) is 5.92 Å². The van der Waals surface area contributed by atoms with Gasteiger partial charge in [-0.2, -0.15) is 0 Å². The summed E-state index contributed by atoms with van der Waals surface area (Å²) in [7, 11) is -3.19. The van der Waals surface area contributed by atoms with Gasteiger partial charge < -0.3 is 0 Å². The molecule has 0 radical (unpaired) electrons. The maximum atomic E-state index is 11.3. The van der Waals surface area contributed by atoms with Crippen molar-refractivity contribution in [2.75, 3.05) is 6.26 Å². The molecule has 14 heavy (non-hydrogen) atoms. The van der Waals surface area contributed by atoms with Crippen molar-refractivity contribution in [3.05, 3.63) is 0 Å². The third-order valence-corrected chi connectivity index (χ3v) is 3.38. The molecule has 2 atom stereocenters. The van der Waals surface area contributed by atoms with Crippen molar-refractivity contribution in [3.8, 4) is 0 Å². The van der Waals surface area contributed by atoms with Gasteiger partial charge in [0.2, 0.25) is 10.0 Å². The third-order valence-electron chi connectivity index (χ3n) is 2.65. The van der Waals surface area contributed by atoms with Gasteiger partial charge in [0.1, 0.15) is 5.78 Å². The van der Waals surface area contributed by atoms with Crippen LogP contribution in [0, 0.1) is 5.92 Å². The zero-order valence-electron chi connectivity index (χ0n) is 8.62. The van der Waals surface area contributed by atoms with Crippen LogP contribution in [-0.2, 0) is 14.8 Å². The van der Waals surface area contributed by atoms with Crippen LogP contribution in [0.3, 0.4) is 0 Å². The Morgan fingerprint density at radius 2 is 1.86 bits per heavy atom. The topological polar surface area (TPSA) is 63.2 Å². The van der Waals surface area contributed by atoms with Crippen LogP contribution >= 0.6 is 0 Å². The van der Waals surface area contributed by atoms with Gasteiger partial charge in [-0.05, 0) is 19.8 Å². The summed E-state index contributed by atoms with van der Waals surface area (Å²) in [5.74, 6) is -0.0377. The molecule has 0 amide bonds. The monoisotopic (exact) mass is 219 g/mol. The lowest BCUT2D eigenvalue weighted by Gasteiger charge is -2.29. The Labute approximate surface area is 85.1 Å². The first kappa shape index (κ1) is 11.7. The Kier molecular flexibility index (Phi) is 3.66. The Hall–Kier alpha value is -0.420. The molecule has 5 heteroatoms. The fourth-order valence-electron chi connectivity index (χ4n) is 2.03. The maximum absolute atomic E-state index is 11.3. The molecule has 4 nitrogen and oxygen atoms in total. The maximum Gasteiger partial charge on any atom is 0.208 e. The first-order valence-corrected chi connectivity index (χ1v) is 6.77. The van der Waals surface area contributed by atoms with Crippen LogP contribution in [0.2, 0.25) is 0 Å². The normalized spacial score (nSPS) is 28.7. The largest absolute Gasteiger partial charge is 0.300 e. The molecule has 1 aliphatic carbocycles. The molecule has 1 N–H and O–H groups in total. The molecular formula is C9H17NO3S. The average Bonchev–Trinajstić information content (AvgIpc) is 2.01. The van der Waals surface area contributed by atoms with E-state index in [9.17, 15) is 13.2 Å². The van der Waals surface area contributed by atoms with Gasteiger partial charge in [0, 0.05) is 12.0 Å². The van der Waals surface area contributed by atoms with E-state index in [0.717, 1.165) is 31.9 Å². The van der Waals surface area contributed by atoms with Crippen LogP contribution < -0.4 is 4.72 Å². The zero-order chi connectivity index (χ0) is 10.8. The van der Waals surface area contributed by atoms with Crippen molar-refractivity contribution >= 4 is 15.8 Å². The van der Waals surface area contributed by atoms with Gasteiger partial charge >= 0.3 is 0 Å². The first-order valence-electron chi connectivity index (χ1n) is 4.88. The molecule has 82 valence electrons. The molecule has 0 aromatic carbocycles. The van der Waals surface area contributed by atoms with E-state index in [1.54, 1.807) is 0 Å². The number of rotatable bonds is 3. The second-order valence-electron chi connectivity index (χ2n) is 4.00. The van der Waals surface area contributed by atoms with Crippen molar-refractivity contribution in [1.82, 2.24) is 4.72 Å². The SMILES string of the molecule is CC(=O)C1CCCCC1NS(C)(=O)=O. The number of ketones is 1. The number of carbonyl (C=O) groups excluding carboxylic acids is 1. The van der Waals surface area contributed by atoms with Gasteiger partial charge in [-0.3, -0.25) is 4.79 Å². The van der Waals surface area contributed by atoms with Gasteiger partial charge in [0.05, 0.1) is 6.26 Å². The highest BCUT2D eigenvalue weighted by Gasteiger charge is 2.30. The summed E-state index contributed by atoms with van der Waals surface area (Å²) in [5, 5.41) is 0. The zero-order valence-corrected chi connectivity index (χ0v) is 9.43. The van der Waals surface area contributed by atoms with E-state index in [4.69, 9.17) is 0 Å². The van der Waals surface area contributed by atoms with Crippen LogP contribution in [0.4, 0.5) is 0 Å². The average molecular weight is 219 g/mol. The number of nitrogens with one attached hydrogen (secondary N) is 1. The summed E-state index contributed by atoms with van der Waals surface area (Å²) in [6.07, 6.45) is 4.74.